The van der Waals surface area contributed by atoms with Gasteiger partial charge in [-0.15, -0.1) is 0 Å². The van der Waals surface area contributed by atoms with Gasteiger partial charge in [-0.25, -0.2) is 4.39 Å². The summed E-state index contributed by atoms with van der Waals surface area (Å²) in [4.78, 5) is 2.00. The van der Waals surface area contributed by atoms with E-state index in [1.807, 2.05) is 17.0 Å². The fourth-order valence-electron chi connectivity index (χ4n) is 2.86. The number of hydrogen-bond acceptors (Lipinski definition) is 4. The van der Waals surface area contributed by atoms with Gasteiger partial charge in [-0.2, -0.15) is 0 Å². The molecule has 1 N–H and O–H groups in total. The highest BCUT2D eigenvalue weighted by Crippen LogP contribution is 2.27. The number of benzene rings is 1. The predicted octanol–water partition coefficient (Wildman–Crippen LogP) is 1.93. The minimum absolute atomic E-state index is 0.00869. The van der Waals surface area contributed by atoms with Crippen molar-refractivity contribution >= 4 is 5.69 Å². The average Bonchev–Trinajstić information content (AvgIpc) is 3.23. The number of nitrogens with zero attached hydrogens (tertiary/aromatic N) is 1. The molecule has 3 rings (SSSR count). The molecule has 0 spiro atoms. The summed E-state index contributed by atoms with van der Waals surface area (Å²) in [6.45, 7) is 2.06. The summed E-state index contributed by atoms with van der Waals surface area (Å²) >= 11 is 0. The largest absolute Gasteiger partial charge is 0.377 e. The van der Waals surface area contributed by atoms with Gasteiger partial charge < -0.3 is 19.7 Å². The summed E-state index contributed by atoms with van der Waals surface area (Å²) in [6, 6.07) is 6.13. The third-order valence-corrected chi connectivity index (χ3v) is 4.35. The van der Waals surface area contributed by atoms with Crippen molar-refractivity contribution in [3.05, 3.63) is 29.6 Å². The van der Waals surface area contributed by atoms with E-state index in [4.69, 9.17) is 9.47 Å². The smallest absolute Gasteiger partial charge is 0.146 e. The fourth-order valence-corrected chi connectivity index (χ4v) is 2.86. The van der Waals surface area contributed by atoms with Gasteiger partial charge >= 0.3 is 0 Å². The van der Waals surface area contributed by atoms with Gasteiger partial charge in [0.15, 0.2) is 0 Å². The Kier molecular flexibility index (Phi) is 4.42. The lowest BCUT2D eigenvalue weighted by Gasteiger charge is -2.19. The molecule has 1 aromatic rings. The minimum atomic E-state index is -0.170. The second-order valence-corrected chi connectivity index (χ2v) is 5.89. The summed E-state index contributed by atoms with van der Waals surface area (Å²) < 4.78 is 25.2. The zero-order chi connectivity index (χ0) is 14.8. The zero-order valence-corrected chi connectivity index (χ0v) is 12.6. The van der Waals surface area contributed by atoms with E-state index in [0.717, 1.165) is 12.1 Å². The molecule has 2 atom stereocenters. The molecule has 21 heavy (non-hydrogen) atoms. The lowest BCUT2D eigenvalue weighted by Crippen LogP contribution is -2.27. The van der Waals surface area contributed by atoms with Crippen LogP contribution in [0.4, 0.5) is 10.1 Å². The number of hydrogen-bond donors (Lipinski definition) is 1. The Morgan fingerprint density at radius 1 is 1.19 bits per heavy atom. The molecule has 5 heteroatoms. The van der Waals surface area contributed by atoms with Crippen LogP contribution < -0.4 is 10.2 Å². The van der Waals surface area contributed by atoms with E-state index < -0.39 is 0 Å². The molecule has 0 bridgehead atoms. The second-order valence-electron chi connectivity index (χ2n) is 5.89. The SMILES string of the molecule is COC1CN(c2ccc(CNC3CC3)cc2F)CC1OC. The predicted molar refractivity (Wildman–Crippen MR) is 80.1 cm³/mol. The van der Waals surface area contributed by atoms with E-state index in [1.165, 1.54) is 12.8 Å². The molecule has 0 amide bonds. The van der Waals surface area contributed by atoms with Gasteiger partial charge in [-0.1, -0.05) is 6.07 Å². The standard InChI is InChI=1S/C16H23FN2O2/c1-20-15-9-19(10-16(15)21-2)14-6-3-11(7-13(14)17)8-18-12-4-5-12/h3,6-7,12,15-16,18H,4-5,8-10H2,1-2H3. The van der Waals surface area contributed by atoms with Gasteiger partial charge in [0.2, 0.25) is 0 Å². The van der Waals surface area contributed by atoms with Crippen LogP contribution in [0.15, 0.2) is 18.2 Å². The van der Waals surface area contributed by atoms with Crippen LogP contribution in [0.2, 0.25) is 0 Å². The van der Waals surface area contributed by atoms with Crippen LogP contribution in [0.25, 0.3) is 0 Å². The number of halogens is 1. The quantitative estimate of drug-likeness (QED) is 0.869. The van der Waals surface area contributed by atoms with Crippen molar-refractivity contribution < 1.29 is 13.9 Å². The van der Waals surface area contributed by atoms with Crippen LogP contribution in [-0.2, 0) is 16.0 Å². The molecule has 2 fully saturated rings. The number of rotatable bonds is 6. The first kappa shape index (κ1) is 14.8. The van der Waals surface area contributed by atoms with Crippen LogP contribution in [0.1, 0.15) is 18.4 Å². The lowest BCUT2D eigenvalue weighted by molar-refractivity contribution is -0.00461. The Morgan fingerprint density at radius 2 is 1.86 bits per heavy atom. The Morgan fingerprint density at radius 3 is 2.38 bits per heavy atom. The van der Waals surface area contributed by atoms with Crippen molar-refractivity contribution in [1.82, 2.24) is 5.32 Å². The molecule has 2 unspecified atom stereocenters. The molecule has 2 aliphatic rings. The van der Waals surface area contributed by atoms with Crippen LogP contribution >= 0.6 is 0 Å². The number of anilines is 1. The first-order valence-electron chi connectivity index (χ1n) is 7.53. The Balaban J connectivity index is 1.67. The highest BCUT2D eigenvalue weighted by molar-refractivity contribution is 5.50. The molecule has 0 aromatic heterocycles. The van der Waals surface area contributed by atoms with E-state index in [-0.39, 0.29) is 18.0 Å². The molecule has 1 heterocycles. The third-order valence-electron chi connectivity index (χ3n) is 4.35. The van der Waals surface area contributed by atoms with Crippen molar-refractivity contribution in [3.63, 3.8) is 0 Å². The highest BCUT2D eigenvalue weighted by atomic mass is 19.1. The van der Waals surface area contributed by atoms with Crippen LogP contribution in [0, 0.1) is 5.82 Å². The maximum absolute atomic E-state index is 14.4. The van der Waals surface area contributed by atoms with Gasteiger partial charge in [-0.3, -0.25) is 0 Å². The molecule has 1 aromatic carbocycles. The normalized spacial score (nSPS) is 25.6. The van der Waals surface area contributed by atoms with Gasteiger partial charge in [-0.05, 0) is 30.5 Å². The topological polar surface area (TPSA) is 33.7 Å². The van der Waals surface area contributed by atoms with Crippen LogP contribution in [-0.4, -0.2) is 45.6 Å². The first-order valence-corrected chi connectivity index (χ1v) is 7.53. The van der Waals surface area contributed by atoms with Gasteiger partial charge in [0, 0.05) is 39.9 Å². The summed E-state index contributed by atoms with van der Waals surface area (Å²) in [7, 11) is 3.34. The molecule has 116 valence electrons. The monoisotopic (exact) mass is 294 g/mol. The van der Waals surface area contributed by atoms with Crippen LogP contribution in [0.3, 0.4) is 0 Å². The molecule has 0 radical (unpaired) electrons. The Labute approximate surface area is 125 Å². The summed E-state index contributed by atoms with van der Waals surface area (Å²) in [5.41, 5.74) is 1.63. The average molecular weight is 294 g/mol. The highest BCUT2D eigenvalue weighted by Gasteiger charge is 2.34. The fraction of sp³-hybridized carbons (Fsp3) is 0.625. The van der Waals surface area contributed by atoms with Gasteiger partial charge in [0.05, 0.1) is 5.69 Å². The van der Waals surface area contributed by atoms with Crippen molar-refractivity contribution in [1.29, 1.82) is 0 Å². The summed E-state index contributed by atoms with van der Waals surface area (Å²) in [6.07, 6.45) is 2.47. The molecule has 1 aliphatic carbocycles. The van der Waals surface area contributed by atoms with Crippen LogP contribution in [0.5, 0.6) is 0 Å². The van der Waals surface area contributed by atoms with E-state index in [2.05, 4.69) is 5.32 Å². The maximum atomic E-state index is 14.4. The second kappa shape index (κ2) is 6.30. The number of methoxy groups -OCH3 is 2. The van der Waals surface area contributed by atoms with E-state index >= 15 is 0 Å². The van der Waals surface area contributed by atoms with Crippen molar-refractivity contribution in [2.75, 3.05) is 32.2 Å². The van der Waals surface area contributed by atoms with E-state index in [1.54, 1.807) is 20.3 Å². The third kappa shape index (κ3) is 3.36. The van der Waals surface area contributed by atoms with Crippen molar-refractivity contribution in [2.24, 2.45) is 0 Å². The molecule has 1 saturated carbocycles. The summed E-state index contributed by atoms with van der Waals surface area (Å²) in [5.74, 6) is -0.170. The molecule has 4 nitrogen and oxygen atoms in total. The molecule has 1 aliphatic heterocycles. The van der Waals surface area contributed by atoms with E-state index in [0.29, 0.717) is 24.8 Å². The molecular weight excluding hydrogens is 271 g/mol. The van der Waals surface area contributed by atoms with Gasteiger partial charge in [0.25, 0.3) is 0 Å². The number of nitrogens with one attached hydrogen (secondary N) is 1. The van der Waals surface area contributed by atoms with Gasteiger partial charge in [0.1, 0.15) is 18.0 Å². The molecule has 1 saturated heterocycles. The zero-order valence-electron chi connectivity index (χ0n) is 12.6. The maximum Gasteiger partial charge on any atom is 0.146 e. The van der Waals surface area contributed by atoms with Crippen molar-refractivity contribution in [2.45, 2.75) is 37.6 Å². The number of ether oxygens (including phenoxy) is 2. The van der Waals surface area contributed by atoms with Crippen molar-refractivity contribution in [3.8, 4) is 0 Å². The summed E-state index contributed by atoms with van der Waals surface area (Å²) in [5, 5.41) is 3.40. The Hall–Kier alpha value is -1.17. The lowest BCUT2D eigenvalue weighted by atomic mass is 10.2. The minimum Gasteiger partial charge on any atom is -0.377 e. The first-order chi connectivity index (χ1) is 10.2. The van der Waals surface area contributed by atoms with E-state index in [9.17, 15) is 4.39 Å². The molecular formula is C16H23FN2O2. The Bertz CT molecular complexity index is 481.